The fraction of sp³-hybridized carbons (Fsp3) is 0.300. The number of nitrogens with two attached hydrogens (primary N) is 1. The topological polar surface area (TPSA) is 103 Å². The summed E-state index contributed by atoms with van der Waals surface area (Å²) in [5.74, 6) is 0.816. The Morgan fingerprint density at radius 3 is 3.00 bits per heavy atom. The largest absolute Gasteiger partial charge is 0.409 e. The fourth-order valence-corrected chi connectivity index (χ4v) is 1.59. The first-order valence-electron chi connectivity index (χ1n) is 5.08. The highest BCUT2D eigenvalue weighted by atomic mass is 16.4. The monoisotopic (exact) mass is 234 g/mol. The lowest BCUT2D eigenvalue weighted by Gasteiger charge is -2.04. The van der Waals surface area contributed by atoms with Crippen LogP contribution < -0.4 is 5.73 Å². The number of aromatic amines is 1. The summed E-state index contributed by atoms with van der Waals surface area (Å²) in [6.07, 6.45) is 1.59. The summed E-state index contributed by atoms with van der Waals surface area (Å²) in [7, 11) is 3.90. The highest BCUT2D eigenvalue weighted by Crippen LogP contribution is 2.14. The molecule has 7 heteroatoms. The predicted molar refractivity (Wildman–Crippen MR) is 63.8 cm³/mol. The van der Waals surface area contributed by atoms with Gasteiger partial charge in [0, 0.05) is 6.20 Å². The Labute approximate surface area is 98.0 Å². The molecule has 2 rings (SSSR count). The zero-order valence-electron chi connectivity index (χ0n) is 9.68. The maximum Gasteiger partial charge on any atom is 0.172 e. The van der Waals surface area contributed by atoms with E-state index in [4.69, 9.17) is 10.9 Å². The van der Waals surface area contributed by atoms with E-state index in [1.807, 2.05) is 19.0 Å². The second kappa shape index (κ2) is 4.38. The van der Waals surface area contributed by atoms with Crippen LogP contribution in [0.3, 0.4) is 0 Å². The molecule has 0 aliphatic heterocycles. The van der Waals surface area contributed by atoms with E-state index >= 15 is 0 Å². The standard InChI is InChI=1S/C10H14N6O/c1-16(2)5-7-13-8-6(9(11)15-17)3-4-12-10(8)14-7/h3-4,17H,5H2,1-2H3,(H2,11,15)(H,12,13,14). The van der Waals surface area contributed by atoms with E-state index in [-0.39, 0.29) is 5.84 Å². The van der Waals surface area contributed by atoms with Gasteiger partial charge in [0.25, 0.3) is 0 Å². The van der Waals surface area contributed by atoms with Gasteiger partial charge in [-0.25, -0.2) is 9.97 Å². The Bertz CT molecular complexity index is 559. The van der Waals surface area contributed by atoms with Gasteiger partial charge in [0.1, 0.15) is 11.3 Å². The third kappa shape index (κ3) is 2.18. The molecule has 0 bridgehead atoms. The van der Waals surface area contributed by atoms with Crippen molar-refractivity contribution in [1.82, 2.24) is 19.9 Å². The normalized spacial score (nSPS) is 12.5. The molecule has 0 fully saturated rings. The summed E-state index contributed by atoms with van der Waals surface area (Å²) in [5.41, 5.74) is 7.39. The molecule has 0 spiro atoms. The van der Waals surface area contributed by atoms with Crippen molar-refractivity contribution in [3.63, 3.8) is 0 Å². The summed E-state index contributed by atoms with van der Waals surface area (Å²) < 4.78 is 0. The van der Waals surface area contributed by atoms with Crippen LogP contribution in [-0.4, -0.2) is 45.0 Å². The van der Waals surface area contributed by atoms with Crippen LogP contribution in [0.5, 0.6) is 0 Å². The molecule has 2 heterocycles. The van der Waals surface area contributed by atoms with E-state index in [1.165, 1.54) is 0 Å². The van der Waals surface area contributed by atoms with Crippen LogP contribution in [-0.2, 0) is 6.54 Å². The lowest BCUT2D eigenvalue weighted by molar-refractivity contribution is 0.318. The summed E-state index contributed by atoms with van der Waals surface area (Å²) in [5, 5.41) is 11.7. The van der Waals surface area contributed by atoms with E-state index in [9.17, 15) is 0 Å². The number of hydrogen-bond acceptors (Lipinski definition) is 5. The van der Waals surface area contributed by atoms with Gasteiger partial charge in [0.05, 0.1) is 12.1 Å². The van der Waals surface area contributed by atoms with Crippen LogP contribution >= 0.6 is 0 Å². The molecule has 4 N–H and O–H groups in total. The second-order valence-corrected chi connectivity index (χ2v) is 3.96. The minimum absolute atomic E-state index is 0.0281. The molecule has 0 aromatic carbocycles. The van der Waals surface area contributed by atoms with Gasteiger partial charge in [0.15, 0.2) is 11.5 Å². The van der Waals surface area contributed by atoms with Gasteiger partial charge in [0.2, 0.25) is 0 Å². The highest BCUT2D eigenvalue weighted by Gasteiger charge is 2.11. The summed E-state index contributed by atoms with van der Waals surface area (Å²) in [6.45, 7) is 0.673. The maximum absolute atomic E-state index is 8.70. The summed E-state index contributed by atoms with van der Waals surface area (Å²) in [6, 6.07) is 1.66. The molecule has 0 aliphatic carbocycles. The number of nitrogens with zero attached hydrogens (tertiary/aromatic N) is 4. The van der Waals surface area contributed by atoms with Crippen molar-refractivity contribution >= 4 is 17.0 Å². The molecular weight excluding hydrogens is 220 g/mol. The van der Waals surface area contributed by atoms with Gasteiger partial charge in [-0.3, -0.25) is 0 Å². The lowest BCUT2D eigenvalue weighted by atomic mass is 10.2. The van der Waals surface area contributed by atoms with Gasteiger partial charge in [-0.2, -0.15) is 0 Å². The fourth-order valence-electron chi connectivity index (χ4n) is 1.59. The van der Waals surface area contributed by atoms with Crippen molar-refractivity contribution in [3.8, 4) is 0 Å². The average Bonchev–Trinajstić information content (AvgIpc) is 2.68. The Kier molecular flexibility index (Phi) is 2.92. The van der Waals surface area contributed by atoms with Crippen LogP contribution in [0.25, 0.3) is 11.2 Å². The molecule has 2 aromatic rings. The summed E-state index contributed by atoms with van der Waals surface area (Å²) in [4.78, 5) is 13.6. The molecule has 17 heavy (non-hydrogen) atoms. The molecule has 7 nitrogen and oxygen atoms in total. The van der Waals surface area contributed by atoms with Crippen molar-refractivity contribution < 1.29 is 5.21 Å². The first-order chi connectivity index (χ1) is 8.11. The van der Waals surface area contributed by atoms with Crippen LogP contribution in [0, 0.1) is 0 Å². The molecule has 2 aromatic heterocycles. The molecule has 0 radical (unpaired) electrons. The molecule has 0 saturated carbocycles. The van der Waals surface area contributed by atoms with Crippen LogP contribution in [0.4, 0.5) is 0 Å². The van der Waals surface area contributed by atoms with E-state index in [0.717, 1.165) is 5.82 Å². The minimum atomic E-state index is 0.0281. The van der Waals surface area contributed by atoms with Crippen LogP contribution in [0.2, 0.25) is 0 Å². The number of aromatic nitrogens is 3. The quantitative estimate of drug-likeness (QED) is 0.303. The van der Waals surface area contributed by atoms with Gasteiger partial charge in [-0.1, -0.05) is 5.16 Å². The molecule has 0 saturated heterocycles. The number of pyridine rings is 1. The number of fused-ring (bicyclic) bond motifs is 1. The molecule has 0 amide bonds. The first kappa shape index (κ1) is 11.3. The average molecular weight is 234 g/mol. The van der Waals surface area contributed by atoms with Crippen molar-refractivity contribution in [3.05, 3.63) is 23.7 Å². The maximum atomic E-state index is 8.70. The van der Waals surface area contributed by atoms with Gasteiger partial charge < -0.3 is 20.8 Å². The van der Waals surface area contributed by atoms with Crippen molar-refractivity contribution in [2.24, 2.45) is 10.9 Å². The number of hydrogen-bond donors (Lipinski definition) is 3. The molecule has 0 unspecified atom stereocenters. The number of imidazole rings is 1. The van der Waals surface area contributed by atoms with E-state index in [2.05, 4.69) is 20.1 Å². The zero-order valence-corrected chi connectivity index (χ0v) is 9.68. The highest BCUT2D eigenvalue weighted by molar-refractivity contribution is 6.05. The van der Waals surface area contributed by atoms with Crippen molar-refractivity contribution in [2.75, 3.05) is 14.1 Å². The minimum Gasteiger partial charge on any atom is -0.409 e. The van der Waals surface area contributed by atoms with Gasteiger partial charge in [-0.05, 0) is 20.2 Å². The van der Waals surface area contributed by atoms with Crippen LogP contribution in [0.1, 0.15) is 11.4 Å². The second-order valence-electron chi connectivity index (χ2n) is 3.96. The van der Waals surface area contributed by atoms with Gasteiger partial charge in [-0.15, -0.1) is 0 Å². The lowest BCUT2D eigenvalue weighted by Crippen LogP contribution is -2.14. The Balaban J connectivity index is 2.53. The third-order valence-electron chi connectivity index (χ3n) is 2.28. The zero-order chi connectivity index (χ0) is 12.4. The Hall–Kier alpha value is -2.15. The predicted octanol–water partition coefficient (Wildman–Crippen LogP) is 0.114. The van der Waals surface area contributed by atoms with E-state index in [0.29, 0.717) is 23.3 Å². The Morgan fingerprint density at radius 1 is 1.59 bits per heavy atom. The number of H-pyrrole nitrogens is 1. The Morgan fingerprint density at radius 2 is 2.35 bits per heavy atom. The number of rotatable bonds is 3. The van der Waals surface area contributed by atoms with E-state index < -0.39 is 0 Å². The molecule has 0 atom stereocenters. The summed E-state index contributed by atoms with van der Waals surface area (Å²) >= 11 is 0. The van der Waals surface area contributed by atoms with Crippen molar-refractivity contribution in [1.29, 1.82) is 0 Å². The first-order valence-corrected chi connectivity index (χ1v) is 5.08. The number of amidine groups is 1. The molecule has 90 valence electrons. The van der Waals surface area contributed by atoms with Crippen LogP contribution in [0.15, 0.2) is 17.4 Å². The molecular formula is C10H14N6O. The number of nitrogens with one attached hydrogen (secondary N) is 1. The smallest absolute Gasteiger partial charge is 0.172 e. The number of oxime groups is 1. The third-order valence-corrected chi connectivity index (χ3v) is 2.28. The van der Waals surface area contributed by atoms with Gasteiger partial charge >= 0.3 is 0 Å². The van der Waals surface area contributed by atoms with E-state index in [1.54, 1.807) is 12.3 Å². The molecule has 0 aliphatic rings. The van der Waals surface area contributed by atoms with Crippen molar-refractivity contribution in [2.45, 2.75) is 6.54 Å². The SMILES string of the molecule is CN(C)Cc1nc2c(/C(N)=N/O)ccnc2[nH]1.